The van der Waals surface area contributed by atoms with Crippen molar-refractivity contribution in [2.75, 3.05) is 19.8 Å². The van der Waals surface area contributed by atoms with Crippen LogP contribution in [0.1, 0.15) is 39.5 Å². The lowest BCUT2D eigenvalue weighted by molar-refractivity contribution is 0.0905. The largest absolute Gasteiger partial charge is 0.379 e. The van der Waals surface area contributed by atoms with E-state index < -0.39 is 0 Å². The smallest absolute Gasteiger partial charge is 0.0646 e. The van der Waals surface area contributed by atoms with Crippen LogP contribution in [0, 0.1) is 0 Å². The second kappa shape index (κ2) is 4.81. The minimum atomic E-state index is 0.192. The van der Waals surface area contributed by atoms with E-state index in [1.165, 1.54) is 12.8 Å². The maximum absolute atomic E-state index is 5.65. The van der Waals surface area contributed by atoms with Gasteiger partial charge in [0.15, 0.2) is 0 Å². The molecule has 3 nitrogen and oxygen atoms in total. The molecule has 2 aliphatic heterocycles. The Morgan fingerprint density at radius 2 is 2.33 bits per heavy atom. The highest BCUT2D eigenvalue weighted by Crippen LogP contribution is 2.21. The van der Waals surface area contributed by atoms with Gasteiger partial charge in [-0.05, 0) is 39.5 Å². The number of hydrogen-bond donors (Lipinski definition) is 1. The van der Waals surface area contributed by atoms with E-state index in [9.17, 15) is 0 Å². The van der Waals surface area contributed by atoms with Gasteiger partial charge in [0.1, 0.15) is 0 Å². The molecule has 2 rings (SSSR count). The molecule has 88 valence electrons. The second-order valence-electron chi connectivity index (χ2n) is 5.28. The maximum Gasteiger partial charge on any atom is 0.0646 e. The van der Waals surface area contributed by atoms with Crippen LogP contribution in [0.15, 0.2) is 0 Å². The fourth-order valence-corrected chi connectivity index (χ4v) is 2.66. The van der Waals surface area contributed by atoms with Crippen LogP contribution in [0.2, 0.25) is 0 Å². The van der Waals surface area contributed by atoms with Crippen molar-refractivity contribution in [1.29, 1.82) is 0 Å². The molecule has 3 unspecified atom stereocenters. The van der Waals surface area contributed by atoms with Crippen molar-refractivity contribution < 1.29 is 9.47 Å². The highest BCUT2D eigenvalue weighted by atomic mass is 16.5. The summed E-state index contributed by atoms with van der Waals surface area (Å²) in [6.45, 7) is 7.22. The van der Waals surface area contributed by atoms with Crippen LogP contribution in [0.25, 0.3) is 0 Å². The fraction of sp³-hybridized carbons (Fsp3) is 1.00. The Morgan fingerprint density at radius 3 is 2.93 bits per heavy atom. The van der Waals surface area contributed by atoms with Crippen LogP contribution in [-0.2, 0) is 9.47 Å². The predicted octanol–water partition coefficient (Wildman–Crippen LogP) is 1.71. The Kier molecular flexibility index (Phi) is 3.65. The molecule has 3 heteroatoms. The summed E-state index contributed by atoms with van der Waals surface area (Å²) in [6, 6.07) is 0.528. The van der Waals surface area contributed by atoms with E-state index in [0.29, 0.717) is 12.1 Å². The molecule has 2 fully saturated rings. The average Bonchev–Trinajstić information content (AvgIpc) is 2.76. The summed E-state index contributed by atoms with van der Waals surface area (Å²) in [4.78, 5) is 0. The number of rotatable bonds is 4. The molecule has 2 aliphatic rings. The first-order chi connectivity index (χ1) is 7.18. The predicted molar refractivity (Wildman–Crippen MR) is 60.0 cm³/mol. The molecule has 0 aromatic carbocycles. The Labute approximate surface area is 92.5 Å². The van der Waals surface area contributed by atoms with Crippen LogP contribution >= 0.6 is 0 Å². The van der Waals surface area contributed by atoms with E-state index in [1.54, 1.807) is 0 Å². The van der Waals surface area contributed by atoms with Crippen molar-refractivity contribution in [3.05, 3.63) is 0 Å². The van der Waals surface area contributed by atoms with Gasteiger partial charge in [-0.1, -0.05) is 0 Å². The topological polar surface area (TPSA) is 30.5 Å². The van der Waals surface area contributed by atoms with Gasteiger partial charge in [-0.3, -0.25) is 0 Å². The Balaban J connectivity index is 1.73. The standard InChI is InChI=1S/C12H23NO2/c1-10(8-11-4-3-6-15-11)13-12(2)5-7-14-9-12/h10-11,13H,3-9H2,1-2H3. The van der Waals surface area contributed by atoms with Gasteiger partial charge in [-0.2, -0.15) is 0 Å². The maximum atomic E-state index is 5.65. The van der Waals surface area contributed by atoms with Gasteiger partial charge < -0.3 is 14.8 Å². The van der Waals surface area contributed by atoms with Crippen LogP contribution < -0.4 is 5.32 Å². The Bertz CT molecular complexity index is 196. The van der Waals surface area contributed by atoms with E-state index in [0.717, 1.165) is 32.7 Å². The monoisotopic (exact) mass is 213 g/mol. The molecule has 0 amide bonds. The van der Waals surface area contributed by atoms with Crippen molar-refractivity contribution in [2.24, 2.45) is 0 Å². The molecule has 2 heterocycles. The molecule has 0 aromatic rings. The summed E-state index contributed by atoms with van der Waals surface area (Å²) < 4.78 is 11.1. The highest BCUT2D eigenvalue weighted by Gasteiger charge is 2.31. The van der Waals surface area contributed by atoms with Crippen molar-refractivity contribution in [3.63, 3.8) is 0 Å². The second-order valence-corrected chi connectivity index (χ2v) is 5.28. The van der Waals surface area contributed by atoms with Crippen LogP contribution in [0.5, 0.6) is 0 Å². The molecule has 0 radical (unpaired) electrons. The molecule has 15 heavy (non-hydrogen) atoms. The first-order valence-corrected chi connectivity index (χ1v) is 6.15. The van der Waals surface area contributed by atoms with Crippen molar-refractivity contribution in [1.82, 2.24) is 5.32 Å². The van der Waals surface area contributed by atoms with Crippen molar-refractivity contribution in [2.45, 2.75) is 57.2 Å². The summed E-state index contributed by atoms with van der Waals surface area (Å²) in [5, 5.41) is 3.68. The van der Waals surface area contributed by atoms with Crippen LogP contribution in [0.4, 0.5) is 0 Å². The molecular weight excluding hydrogens is 190 g/mol. The molecule has 1 N–H and O–H groups in total. The molecule has 0 spiro atoms. The Morgan fingerprint density at radius 1 is 1.47 bits per heavy atom. The quantitative estimate of drug-likeness (QED) is 0.771. The number of ether oxygens (including phenoxy) is 2. The molecule has 0 bridgehead atoms. The highest BCUT2D eigenvalue weighted by molar-refractivity contribution is 4.89. The van der Waals surface area contributed by atoms with E-state index in [1.807, 2.05) is 0 Å². The van der Waals surface area contributed by atoms with E-state index >= 15 is 0 Å². The normalized spacial score (nSPS) is 38.4. The molecule has 0 saturated carbocycles. The van der Waals surface area contributed by atoms with Crippen LogP contribution in [-0.4, -0.2) is 37.5 Å². The van der Waals surface area contributed by atoms with Gasteiger partial charge >= 0.3 is 0 Å². The average molecular weight is 213 g/mol. The molecular formula is C12H23NO2. The van der Waals surface area contributed by atoms with E-state index in [-0.39, 0.29) is 5.54 Å². The minimum absolute atomic E-state index is 0.192. The summed E-state index contributed by atoms with van der Waals surface area (Å²) in [6.07, 6.45) is 5.22. The summed E-state index contributed by atoms with van der Waals surface area (Å²) in [7, 11) is 0. The third-order valence-corrected chi connectivity index (χ3v) is 3.45. The first kappa shape index (κ1) is 11.4. The first-order valence-electron chi connectivity index (χ1n) is 6.15. The van der Waals surface area contributed by atoms with Crippen molar-refractivity contribution >= 4 is 0 Å². The van der Waals surface area contributed by atoms with E-state index in [4.69, 9.17) is 9.47 Å². The lowest BCUT2D eigenvalue weighted by Gasteiger charge is -2.29. The van der Waals surface area contributed by atoms with Gasteiger partial charge in [0.05, 0.1) is 12.7 Å². The SMILES string of the molecule is CC(CC1CCCO1)NC1(C)CCOC1. The van der Waals surface area contributed by atoms with Gasteiger partial charge in [0, 0.05) is 24.8 Å². The molecule has 0 aliphatic carbocycles. The third kappa shape index (κ3) is 3.16. The lowest BCUT2D eigenvalue weighted by Crippen LogP contribution is -2.48. The van der Waals surface area contributed by atoms with Gasteiger partial charge in [0.25, 0.3) is 0 Å². The summed E-state index contributed by atoms with van der Waals surface area (Å²) in [5.74, 6) is 0. The summed E-state index contributed by atoms with van der Waals surface area (Å²) >= 11 is 0. The minimum Gasteiger partial charge on any atom is -0.379 e. The van der Waals surface area contributed by atoms with Gasteiger partial charge in [0.2, 0.25) is 0 Å². The fourth-order valence-electron chi connectivity index (χ4n) is 2.66. The molecule has 0 aromatic heterocycles. The molecule has 2 saturated heterocycles. The van der Waals surface area contributed by atoms with Gasteiger partial charge in [-0.15, -0.1) is 0 Å². The Hall–Kier alpha value is -0.120. The lowest BCUT2D eigenvalue weighted by atomic mass is 9.98. The third-order valence-electron chi connectivity index (χ3n) is 3.45. The number of nitrogens with one attached hydrogen (secondary N) is 1. The van der Waals surface area contributed by atoms with Crippen molar-refractivity contribution in [3.8, 4) is 0 Å². The zero-order valence-electron chi connectivity index (χ0n) is 9.92. The zero-order valence-corrected chi connectivity index (χ0v) is 9.92. The molecule has 3 atom stereocenters. The number of hydrogen-bond acceptors (Lipinski definition) is 3. The zero-order chi connectivity index (χ0) is 10.7. The summed E-state index contributed by atoms with van der Waals surface area (Å²) in [5.41, 5.74) is 0.192. The van der Waals surface area contributed by atoms with Crippen LogP contribution in [0.3, 0.4) is 0 Å². The van der Waals surface area contributed by atoms with E-state index in [2.05, 4.69) is 19.2 Å². The van der Waals surface area contributed by atoms with Gasteiger partial charge in [-0.25, -0.2) is 0 Å².